The van der Waals surface area contributed by atoms with Crippen LogP contribution in [0.2, 0.25) is 0 Å². The molecule has 1 heterocycles. The van der Waals surface area contributed by atoms with Crippen molar-refractivity contribution in [1.82, 2.24) is 4.98 Å². The molecule has 0 spiro atoms. The molecule has 5 heteroatoms. The summed E-state index contributed by atoms with van der Waals surface area (Å²) in [5.41, 5.74) is 3.53. The molecule has 1 aliphatic carbocycles. The van der Waals surface area contributed by atoms with E-state index >= 15 is 0 Å². The standard InChI is InChI=1S/C24H31NO4/c1-15(2)22-25-20(16(3)29-22)12-13-28-21-11-7-9-18-17(8-6-10-19(18)21)14-24(4,5)23(26)27/h7-9,11,15H,6,10,12-14H2,1-5H3,(H,26,27). The molecule has 0 radical (unpaired) electrons. The molecular weight excluding hydrogens is 366 g/mol. The summed E-state index contributed by atoms with van der Waals surface area (Å²) in [6, 6.07) is 6.06. The van der Waals surface area contributed by atoms with Crippen LogP contribution in [0.25, 0.3) is 5.57 Å². The van der Waals surface area contributed by atoms with Crippen LogP contribution in [0.1, 0.15) is 74.9 Å². The smallest absolute Gasteiger partial charge is 0.309 e. The Labute approximate surface area is 172 Å². The quantitative estimate of drug-likeness (QED) is 0.631. The van der Waals surface area contributed by atoms with E-state index in [1.165, 1.54) is 5.56 Å². The van der Waals surface area contributed by atoms with Crippen LogP contribution in [0, 0.1) is 12.3 Å². The number of aliphatic carboxylic acids is 1. The normalized spacial score (nSPS) is 13.9. The van der Waals surface area contributed by atoms with Gasteiger partial charge in [-0.15, -0.1) is 0 Å². The SMILES string of the molecule is Cc1oc(C(C)C)nc1CCOc1cccc2c1CCC=C2CC(C)(C)C(=O)O. The second kappa shape index (κ2) is 8.44. The molecule has 0 bridgehead atoms. The van der Waals surface area contributed by atoms with Crippen molar-refractivity contribution in [1.29, 1.82) is 0 Å². The third kappa shape index (κ3) is 4.72. The molecule has 1 N–H and O–H groups in total. The summed E-state index contributed by atoms with van der Waals surface area (Å²) in [6.07, 6.45) is 5.18. The lowest BCUT2D eigenvalue weighted by Crippen LogP contribution is -2.24. The average molecular weight is 398 g/mol. The zero-order valence-electron chi connectivity index (χ0n) is 18.0. The van der Waals surface area contributed by atoms with E-state index < -0.39 is 11.4 Å². The highest BCUT2D eigenvalue weighted by Gasteiger charge is 2.30. The van der Waals surface area contributed by atoms with Gasteiger partial charge in [-0.3, -0.25) is 4.79 Å². The molecule has 1 aromatic carbocycles. The molecule has 3 rings (SSSR count). The molecule has 0 fully saturated rings. The number of aryl methyl sites for hydroxylation is 1. The Morgan fingerprint density at radius 1 is 1.34 bits per heavy atom. The lowest BCUT2D eigenvalue weighted by Gasteiger charge is -2.26. The van der Waals surface area contributed by atoms with Crippen LogP contribution in [0.15, 0.2) is 28.7 Å². The number of allylic oxidation sites excluding steroid dienone is 2. The van der Waals surface area contributed by atoms with Crippen molar-refractivity contribution in [2.24, 2.45) is 5.41 Å². The number of oxazole rings is 1. The Hall–Kier alpha value is -2.56. The summed E-state index contributed by atoms with van der Waals surface area (Å²) in [6.45, 7) is 10.2. The van der Waals surface area contributed by atoms with Gasteiger partial charge in [-0.2, -0.15) is 0 Å². The minimum atomic E-state index is -0.796. The van der Waals surface area contributed by atoms with Crippen LogP contribution < -0.4 is 4.74 Å². The summed E-state index contributed by atoms with van der Waals surface area (Å²) in [7, 11) is 0. The van der Waals surface area contributed by atoms with Crippen molar-refractivity contribution in [3.63, 3.8) is 0 Å². The zero-order valence-corrected chi connectivity index (χ0v) is 18.0. The molecule has 29 heavy (non-hydrogen) atoms. The first-order chi connectivity index (χ1) is 13.7. The van der Waals surface area contributed by atoms with Gasteiger partial charge in [-0.25, -0.2) is 4.98 Å². The third-order valence-corrected chi connectivity index (χ3v) is 5.47. The highest BCUT2D eigenvalue weighted by molar-refractivity contribution is 5.80. The lowest BCUT2D eigenvalue weighted by atomic mass is 9.79. The van der Waals surface area contributed by atoms with Gasteiger partial charge in [0.05, 0.1) is 17.7 Å². The molecule has 0 atom stereocenters. The maximum absolute atomic E-state index is 11.6. The van der Waals surface area contributed by atoms with Crippen molar-refractivity contribution < 1.29 is 19.1 Å². The molecule has 0 unspecified atom stereocenters. The minimum absolute atomic E-state index is 0.268. The predicted octanol–water partition coefficient (Wildman–Crippen LogP) is 5.56. The van der Waals surface area contributed by atoms with E-state index in [-0.39, 0.29) is 5.92 Å². The summed E-state index contributed by atoms with van der Waals surface area (Å²) in [5.74, 6) is 2.00. The van der Waals surface area contributed by atoms with Gasteiger partial charge >= 0.3 is 5.97 Å². The van der Waals surface area contributed by atoms with E-state index in [0.717, 1.165) is 47.1 Å². The van der Waals surface area contributed by atoms with Gasteiger partial charge in [-0.05, 0) is 57.2 Å². The number of carboxylic acids is 1. The van der Waals surface area contributed by atoms with Crippen molar-refractivity contribution in [3.8, 4) is 5.75 Å². The van der Waals surface area contributed by atoms with Crippen LogP contribution >= 0.6 is 0 Å². The number of fused-ring (bicyclic) bond motifs is 1. The fourth-order valence-corrected chi connectivity index (χ4v) is 3.67. The molecule has 0 saturated heterocycles. The molecule has 156 valence electrons. The molecule has 0 amide bonds. The third-order valence-electron chi connectivity index (χ3n) is 5.47. The first-order valence-electron chi connectivity index (χ1n) is 10.3. The molecule has 1 aromatic heterocycles. The van der Waals surface area contributed by atoms with Gasteiger partial charge in [-0.1, -0.05) is 32.1 Å². The van der Waals surface area contributed by atoms with E-state index in [1.54, 1.807) is 13.8 Å². The first-order valence-corrected chi connectivity index (χ1v) is 10.3. The van der Waals surface area contributed by atoms with Gasteiger partial charge in [0, 0.05) is 17.9 Å². The lowest BCUT2D eigenvalue weighted by molar-refractivity contribution is -0.146. The van der Waals surface area contributed by atoms with Crippen LogP contribution in [0.5, 0.6) is 5.75 Å². The van der Waals surface area contributed by atoms with Crippen LogP contribution in [0.4, 0.5) is 0 Å². The van der Waals surface area contributed by atoms with Crippen LogP contribution in [-0.4, -0.2) is 22.7 Å². The van der Waals surface area contributed by atoms with Crippen LogP contribution in [-0.2, 0) is 17.6 Å². The van der Waals surface area contributed by atoms with E-state index in [2.05, 4.69) is 31.0 Å². The number of hydrogen-bond acceptors (Lipinski definition) is 4. The van der Waals surface area contributed by atoms with E-state index in [0.29, 0.717) is 19.4 Å². The number of ether oxygens (including phenoxy) is 1. The molecule has 2 aromatic rings. The fraction of sp³-hybridized carbons (Fsp3) is 0.500. The van der Waals surface area contributed by atoms with Gasteiger partial charge in [0.25, 0.3) is 0 Å². The number of benzene rings is 1. The molecule has 1 aliphatic rings. The van der Waals surface area contributed by atoms with Gasteiger partial charge in [0.2, 0.25) is 0 Å². The number of carbonyl (C=O) groups is 1. The van der Waals surface area contributed by atoms with Crippen LogP contribution in [0.3, 0.4) is 0 Å². The minimum Gasteiger partial charge on any atom is -0.493 e. The molecule has 0 aliphatic heterocycles. The Kier molecular flexibility index (Phi) is 6.15. The van der Waals surface area contributed by atoms with E-state index in [4.69, 9.17) is 9.15 Å². The number of aromatic nitrogens is 1. The summed E-state index contributed by atoms with van der Waals surface area (Å²) < 4.78 is 11.9. The summed E-state index contributed by atoms with van der Waals surface area (Å²) in [5, 5.41) is 9.49. The Morgan fingerprint density at radius 2 is 2.10 bits per heavy atom. The first kappa shape index (κ1) is 21.2. The summed E-state index contributed by atoms with van der Waals surface area (Å²) >= 11 is 0. The van der Waals surface area contributed by atoms with E-state index in [9.17, 15) is 9.90 Å². The monoisotopic (exact) mass is 397 g/mol. The average Bonchev–Trinajstić information content (AvgIpc) is 3.03. The van der Waals surface area contributed by atoms with Crippen molar-refractivity contribution in [2.75, 3.05) is 6.61 Å². The van der Waals surface area contributed by atoms with Crippen molar-refractivity contribution in [2.45, 2.75) is 66.2 Å². The van der Waals surface area contributed by atoms with Gasteiger partial charge in [0.1, 0.15) is 11.5 Å². The Bertz CT molecular complexity index is 921. The predicted molar refractivity (Wildman–Crippen MR) is 113 cm³/mol. The highest BCUT2D eigenvalue weighted by atomic mass is 16.5. The maximum atomic E-state index is 11.6. The largest absolute Gasteiger partial charge is 0.493 e. The fourth-order valence-electron chi connectivity index (χ4n) is 3.67. The Balaban J connectivity index is 1.72. The molecular formula is C24H31NO4. The molecule has 5 nitrogen and oxygen atoms in total. The number of carboxylic acid groups (broad SMARTS) is 1. The maximum Gasteiger partial charge on any atom is 0.309 e. The van der Waals surface area contributed by atoms with Gasteiger partial charge in [0.15, 0.2) is 5.89 Å². The van der Waals surface area contributed by atoms with Gasteiger partial charge < -0.3 is 14.3 Å². The number of rotatable bonds is 8. The summed E-state index contributed by atoms with van der Waals surface area (Å²) in [4.78, 5) is 16.1. The van der Waals surface area contributed by atoms with E-state index in [1.807, 2.05) is 19.1 Å². The highest BCUT2D eigenvalue weighted by Crippen LogP contribution is 2.39. The van der Waals surface area contributed by atoms with Crippen molar-refractivity contribution >= 4 is 11.5 Å². The Morgan fingerprint density at radius 3 is 2.76 bits per heavy atom. The molecule has 0 saturated carbocycles. The topological polar surface area (TPSA) is 72.6 Å². The van der Waals surface area contributed by atoms with Crippen molar-refractivity contribution in [3.05, 3.63) is 52.7 Å². The number of hydrogen-bond donors (Lipinski definition) is 1. The second-order valence-electron chi connectivity index (χ2n) is 8.72. The zero-order chi connectivity index (χ0) is 21.2. The number of nitrogens with zero attached hydrogens (tertiary/aromatic N) is 1. The second-order valence-corrected chi connectivity index (χ2v) is 8.72.